The Hall–Kier alpha value is -9.52. The molecule has 3 aromatic heterocycles. The molecule has 5 aliphatic carbocycles. The minimum absolute atomic E-state index is 0. The number of ketones is 1. The van der Waals surface area contributed by atoms with E-state index in [4.69, 9.17) is 66.4 Å². The van der Waals surface area contributed by atoms with Crippen molar-refractivity contribution in [2.45, 2.75) is 231 Å². The number of benzene rings is 5. The van der Waals surface area contributed by atoms with E-state index < -0.39 is 74.8 Å². The fraction of sp³-hybridized carbons (Fsp3) is 0.479. The van der Waals surface area contributed by atoms with Gasteiger partial charge in [-0.25, -0.2) is 30.2 Å². The maximum absolute atomic E-state index is 12.1. The van der Waals surface area contributed by atoms with Crippen molar-refractivity contribution < 1.29 is 173 Å². The molecule has 8 aromatic rings. The van der Waals surface area contributed by atoms with E-state index >= 15 is 0 Å². The number of carboxylic acids is 1. The quantitative estimate of drug-likeness (QED) is 0.0143. The van der Waals surface area contributed by atoms with Gasteiger partial charge in [0.15, 0.2) is 17.1 Å². The number of methoxy groups -OCH3 is 4. The molecule has 746 valence electrons. The number of rotatable bonds is 24. The maximum Gasteiger partial charge on any atom is 1.00 e. The molecule has 6 N–H and O–H groups in total. The number of hydrogen-bond donors (Lipinski definition) is 4. The minimum Gasteiger partial charge on any atom is -0.870 e. The van der Waals surface area contributed by atoms with Crippen molar-refractivity contribution in [1.82, 2.24) is 15.5 Å². The van der Waals surface area contributed by atoms with Gasteiger partial charge in [-0.1, -0.05) is 139 Å². The molecule has 0 radical (unpaired) electrons. The summed E-state index contributed by atoms with van der Waals surface area (Å²) >= 11 is 9.75. The molecule has 42 heteroatoms. The summed E-state index contributed by atoms with van der Waals surface area (Å²) in [5.74, 6) is -2.65. The number of nitrogens with one attached hydrogen (secondary N) is 1. The number of aliphatic carboxylic acids is 1. The molecule has 0 spiro atoms. The summed E-state index contributed by atoms with van der Waals surface area (Å²) in [6.45, 7) is 31.9. The fourth-order valence-electron chi connectivity index (χ4n) is 14.3. The molecule has 5 saturated carbocycles. The number of carboxylic acid groups (broad SMARTS) is 1. The van der Waals surface area contributed by atoms with Crippen LogP contribution in [0.1, 0.15) is 237 Å². The number of Topliss-reactive ketones (excluding diaryl/α,β-unsaturated/α-hetero) is 1. The first-order valence-corrected chi connectivity index (χ1v) is 46.1. The normalized spacial score (nSPS) is 16.5. The number of aromatic nitrogens is 3. The zero-order chi connectivity index (χ0) is 101. The van der Waals surface area contributed by atoms with Gasteiger partial charge in [0, 0.05) is 14.5 Å². The summed E-state index contributed by atoms with van der Waals surface area (Å²) in [5.41, 5.74) is 5.26. The third-order valence-electron chi connectivity index (χ3n) is 24.4. The number of carbonyl (C=O) groups is 11. The molecule has 35 nitrogen and oxygen atoms in total. The molecule has 138 heavy (non-hydrogen) atoms. The fourth-order valence-corrected chi connectivity index (χ4v) is 15.4. The second-order valence-corrected chi connectivity index (χ2v) is 36.8. The van der Waals surface area contributed by atoms with Crippen molar-refractivity contribution in [1.29, 1.82) is 0 Å². The first-order valence-electron chi connectivity index (χ1n) is 43.7. The van der Waals surface area contributed by atoms with E-state index in [0.29, 0.717) is 50.8 Å². The first-order chi connectivity index (χ1) is 63.7. The third kappa shape index (κ3) is 29.1. The molecule has 7 fully saturated rings. The molecule has 2 aliphatic heterocycles. The number of hydrogen-bond acceptors (Lipinski definition) is 33. The van der Waals surface area contributed by atoms with Gasteiger partial charge in [0.05, 0.1) is 128 Å². The van der Waals surface area contributed by atoms with Crippen LogP contribution < -0.4 is 52.0 Å². The SMILES string of the molecule is CCOC(=O)C(C(C)=O)C(=O)OCC.CCOC(=O)c1c(C)[nH]oc1=O.CCOC(=O)c1c(C)noc1-c1ccc(C2(C(=O)OC)CC2)cc1.CCOC(=O)c1c(C)noc1Br.COC(=O)C1(c2ccc(B3OC(C)(C)C(C)(C)O3)cc2)CC1.COC(=O)C1(c2ccc(B3OC(C)(C)C(C)(C)O3)cc2)CC1.COC(=O)C1(c2ccc(Br)cc2)CC1.Cl.NO.O=C(O)C1(c2ccc(Br)cc2)CC1.[Na+].[OH-]. The van der Waals surface area contributed by atoms with Gasteiger partial charge in [-0.15, -0.1) is 12.4 Å². The Balaban J connectivity index is 0.000000332. The van der Waals surface area contributed by atoms with Gasteiger partial charge < -0.3 is 90.6 Å². The number of aryl methyl sites for hydroxylation is 3. The Labute approximate surface area is 855 Å². The Kier molecular flexibility index (Phi) is 45.8. The van der Waals surface area contributed by atoms with Crippen LogP contribution in [-0.4, -0.2) is 195 Å². The molecule has 0 bridgehead atoms. The summed E-state index contributed by atoms with van der Waals surface area (Å²) in [4.78, 5) is 137. The predicted octanol–water partition coefficient (Wildman–Crippen LogP) is 11.9. The molecule has 7 aliphatic rings. The van der Waals surface area contributed by atoms with Gasteiger partial charge in [0.1, 0.15) is 11.1 Å². The number of H-pyrrole nitrogens is 1. The van der Waals surface area contributed by atoms with Crippen molar-refractivity contribution in [3.05, 3.63) is 207 Å². The zero-order valence-electron chi connectivity index (χ0n) is 81.7. The van der Waals surface area contributed by atoms with E-state index in [1.54, 1.807) is 55.4 Å². The number of esters is 9. The smallest absolute Gasteiger partial charge is 0.870 e. The number of carbonyl (C=O) groups excluding carboxylic acids is 10. The van der Waals surface area contributed by atoms with E-state index in [2.05, 4.69) is 87.9 Å². The third-order valence-corrected chi connectivity index (χ3v) is 26.0. The topological polar surface area (TPSA) is 502 Å². The number of ether oxygens (including phenoxy) is 9. The standard InChI is InChI=1S/C18H19NO5.2C17H23BO4.C11H11BrO2.C10H9BrO2.C9H14O5.C7H8BrNO3.C7H9NO4.ClH.H3NO.Na.H2O/c1-4-23-16(20)14-11(2)19-24-15(14)12-5-7-13(8-6-12)18(9-10-18)17(21)22-3;2*1-15(2)16(3,4)22-18(21-15)13-8-6-12(7-9-13)17(10-11-17)14(19)20-5;1-14-10(13)11(6-7-11)8-2-4-9(12)5-3-8;11-8-3-1-7(2-4-8)10(5-6-10)9(12)13;1-4-13-8(11)7(6(3)10)9(12)14-5-2;1-3-11-7(10)5-4(2)9-12-6(5)8;1-3-11-6(9)5-4(2)8-12-7(5)10;;1-2;;/h5-8H,4,9-10H2,1-3H3;2*6-9H,10-11H2,1-5H3;2-5H,6-7H2,1H3;1-4H,5-6H2,(H,12,13);7H,4-5H2,1-3H3;3H2,1-2H3;8H,3H2,1-2H3;1H;2H,1H2;;1H2/q;;;;;;;;;;+1;/p-1. The van der Waals surface area contributed by atoms with E-state index in [1.165, 1.54) is 28.4 Å². The number of nitrogens with two attached hydrogens (primary N) is 1. The van der Waals surface area contributed by atoms with Crippen molar-refractivity contribution >= 4 is 151 Å². The van der Waals surface area contributed by atoms with Gasteiger partial charge in [0.25, 0.3) is 0 Å². The monoisotopic (exact) mass is 2140 g/mol. The Morgan fingerprint density at radius 2 is 0.696 bits per heavy atom. The number of halogens is 4. The van der Waals surface area contributed by atoms with Crippen LogP contribution in [0.25, 0.3) is 11.3 Å². The van der Waals surface area contributed by atoms with Crippen LogP contribution in [0.4, 0.5) is 0 Å². The summed E-state index contributed by atoms with van der Waals surface area (Å²) in [5, 5.41) is 25.3. The summed E-state index contributed by atoms with van der Waals surface area (Å²) < 4.78 is 84.1. The van der Waals surface area contributed by atoms with E-state index in [-0.39, 0.29) is 145 Å². The van der Waals surface area contributed by atoms with Crippen LogP contribution in [0.2, 0.25) is 0 Å². The van der Waals surface area contributed by atoms with Gasteiger partial charge in [-0.3, -0.25) is 38.4 Å². The van der Waals surface area contributed by atoms with E-state index in [9.17, 15) is 57.5 Å². The number of aromatic amines is 1. The Morgan fingerprint density at radius 3 is 0.949 bits per heavy atom. The van der Waals surface area contributed by atoms with Gasteiger partial charge in [0.2, 0.25) is 10.6 Å². The van der Waals surface area contributed by atoms with Crippen LogP contribution >= 0.6 is 60.2 Å². The minimum atomic E-state index is -1.44. The molecular weight excluding hydrogens is 2020 g/mol. The van der Waals surface area contributed by atoms with Gasteiger partial charge in [-0.2, -0.15) is 0 Å². The van der Waals surface area contributed by atoms with Crippen LogP contribution in [-0.2, 0) is 127 Å². The van der Waals surface area contributed by atoms with Crippen LogP contribution in [0, 0.1) is 26.7 Å². The predicted molar refractivity (Wildman–Crippen MR) is 513 cm³/mol. The molecule has 0 atom stereocenters. The van der Waals surface area contributed by atoms with Crippen molar-refractivity contribution in [2.24, 2.45) is 11.8 Å². The molecule has 5 heterocycles. The molecule has 5 aromatic carbocycles. The largest absolute Gasteiger partial charge is 1.00 e. The average molecular weight is 2150 g/mol. The van der Waals surface area contributed by atoms with E-state index in [1.807, 2.05) is 177 Å². The van der Waals surface area contributed by atoms with Crippen molar-refractivity contribution in [3.8, 4) is 11.3 Å². The summed E-state index contributed by atoms with van der Waals surface area (Å²) in [6.07, 6.45) is 8.34. The molecular formula is C96H121B2Br3ClN4NaO31. The van der Waals surface area contributed by atoms with Gasteiger partial charge >= 0.3 is 109 Å². The van der Waals surface area contributed by atoms with Crippen LogP contribution in [0.15, 0.2) is 153 Å². The van der Waals surface area contributed by atoms with Gasteiger partial charge in [-0.05, 0) is 261 Å². The second-order valence-electron chi connectivity index (χ2n) is 34.3. The molecule has 15 rings (SSSR count). The molecule has 0 amide bonds. The zero-order valence-corrected chi connectivity index (χ0v) is 89.2. The van der Waals surface area contributed by atoms with Crippen LogP contribution in [0.5, 0.6) is 0 Å². The number of nitrogens with zero attached hydrogens (tertiary/aromatic N) is 2. The van der Waals surface area contributed by atoms with Crippen LogP contribution in [0.3, 0.4) is 0 Å². The Morgan fingerprint density at radius 1 is 0.428 bits per heavy atom. The van der Waals surface area contributed by atoms with E-state index in [0.717, 1.165) is 119 Å². The van der Waals surface area contributed by atoms with Crippen molar-refractivity contribution in [2.75, 3.05) is 61.5 Å². The maximum atomic E-state index is 12.1. The first kappa shape index (κ1) is 121. The summed E-state index contributed by atoms with van der Waals surface area (Å²) in [6, 6.07) is 38.7. The second kappa shape index (κ2) is 52.3. The van der Waals surface area contributed by atoms with Crippen molar-refractivity contribution in [3.63, 3.8) is 0 Å². The molecule has 0 unspecified atom stereocenters. The average Bonchev–Trinajstić information content (AvgIpc) is 1.59. The molecule has 2 saturated heterocycles. The summed E-state index contributed by atoms with van der Waals surface area (Å²) in [7, 11) is 5.00. The Bertz CT molecular complexity index is 5330.